The number of allylic oxidation sites excluding steroid dienone is 1. The van der Waals surface area contributed by atoms with Crippen molar-refractivity contribution in [3.63, 3.8) is 0 Å². The second kappa shape index (κ2) is 5.00. The summed E-state index contributed by atoms with van der Waals surface area (Å²) < 4.78 is 9.15. The van der Waals surface area contributed by atoms with Crippen molar-refractivity contribution >= 4 is 18.2 Å². The fourth-order valence-electron chi connectivity index (χ4n) is 1.04. The first-order chi connectivity index (χ1) is 7.99. The lowest BCUT2D eigenvalue weighted by Gasteiger charge is -2.14. The minimum Gasteiger partial charge on any atom is -0.499 e. The maximum Gasteiger partial charge on any atom is 0.382 e. The molecule has 0 aromatic heterocycles. The van der Waals surface area contributed by atoms with Crippen molar-refractivity contribution in [2.45, 2.75) is 6.92 Å². The molecule has 1 aliphatic heterocycles. The molecule has 1 rings (SSSR count). The molecule has 0 unspecified atom stereocenters. The Morgan fingerprint density at radius 1 is 1.53 bits per heavy atom. The molecule has 0 aromatic rings. The Kier molecular flexibility index (Phi) is 3.69. The fourth-order valence-corrected chi connectivity index (χ4v) is 1.04. The van der Waals surface area contributed by atoms with E-state index in [2.05, 4.69) is 15.8 Å². The highest BCUT2D eigenvalue weighted by atomic mass is 16.6. The van der Waals surface area contributed by atoms with Crippen LogP contribution in [0.15, 0.2) is 28.7 Å². The van der Waals surface area contributed by atoms with Crippen LogP contribution in [-0.4, -0.2) is 30.4 Å². The van der Waals surface area contributed by atoms with Crippen LogP contribution >= 0.6 is 0 Å². The summed E-state index contributed by atoms with van der Waals surface area (Å²) in [6, 6.07) is 0. The van der Waals surface area contributed by atoms with Crippen molar-refractivity contribution in [2.75, 3.05) is 7.11 Å². The number of hydrogen-bond donors (Lipinski definition) is 2. The Labute approximate surface area is 96.0 Å². The number of hydrogen-bond acceptors (Lipinski definition) is 6. The predicted octanol–water partition coefficient (Wildman–Crippen LogP) is -0.339. The number of aldehydes is 1. The molecule has 7 heteroatoms. The number of rotatable bonds is 3. The molecule has 2 N–H and O–H groups in total. The van der Waals surface area contributed by atoms with Gasteiger partial charge in [-0.05, 0) is 5.73 Å². The fraction of sp³-hybridized carbons (Fsp3) is 0.200. The molecule has 1 amide bonds. The predicted molar refractivity (Wildman–Crippen MR) is 53.2 cm³/mol. The maximum atomic E-state index is 11.1. The molecule has 0 aromatic carbocycles. The first kappa shape index (κ1) is 12.5. The zero-order valence-corrected chi connectivity index (χ0v) is 9.07. The lowest BCUT2D eigenvalue weighted by molar-refractivity contribution is -0.139. The van der Waals surface area contributed by atoms with Gasteiger partial charge in [0.05, 0.1) is 7.11 Å². The van der Waals surface area contributed by atoms with Gasteiger partial charge in [0.15, 0.2) is 17.8 Å². The highest BCUT2D eigenvalue weighted by molar-refractivity contribution is 5.89. The Hall–Kier alpha value is -2.53. The van der Waals surface area contributed by atoms with Crippen LogP contribution in [0.4, 0.5) is 0 Å². The number of carbonyl (C=O) groups is 3. The summed E-state index contributed by atoms with van der Waals surface area (Å²) in [6.07, 6.45) is 0.241. The third-order valence-electron chi connectivity index (χ3n) is 1.71. The molecule has 0 radical (unpaired) electrons. The second-order valence-electron chi connectivity index (χ2n) is 2.93. The quantitative estimate of drug-likeness (QED) is 0.397. The van der Waals surface area contributed by atoms with Crippen LogP contribution in [0.5, 0.6) is 0 Å². The van der Waals surface area contributed by atoms with Crippen molar-refractivity contribution in [1.29, 1.82) is 0 Å². The van der Waals surface area contributed by atoms with Crippen molar-refractivity contribution in [1.82, 2.24) is 5.32 Å². The molecule has 1 heterocycles. The maximum absolute atomic E-state index is 11.1. The van der Waals surface area contributed by atoms with Gasteiger partial charge >= 0.3 is 5.97 Å². The minimum atomic E-state index is -0.905. The van der Waals surface area contributed by atoms with Crippen LogP contribution in [0.25, 0.3) is 0 Å². The van der Waals surface area contributed by atoms with E-state index in [1.54, 1.807) is 0 Å². The minimum absolute atomic E-state index is 0.241. The van der Waals surface area contributed by atoms with Gasteiger partial charge in [-0.15, -0.1) is 0 Å². The van der Waals surface area contributed by atoms with Gasteiger partial charge in [-0.25, -0.2) is 4.79 Å². The summed E-state index contributed by atoms with van der Waals surface area (Å²) in [6.45, 7) is 1.18. The van der Waals surface area contributed by atoms with Crippen LogP contribution in [0.1, 0.15) is 6.92 Å². The molecule has 0 saturated carbocycles. The number of methoxy groups -OCH3 is 1. The molecular weight excluding hydrogens is 230 g/mol. The molecule has 0 aliphatic carbocycles. The summed E-state index contributed by atoms with van der Waals surface area (Å²) in [4.78, 5) is 32.6. The van der Waals surface area contributed by atoms with Gasteiger partial charge < -0.3 is 19.9 Å². The lowest BCUT2D eigenvalue weighted by atomic mass is 10.2. The summed E-state index contributed by atoms with van der Waals surface area (Å²) in [5, 5.41) is 11.7. The highest BCUT2D eigenvalue weighted by Crippen LogP contribution is 2.18. The SMILES string of the molecule is COC(=O)C1=C=C(O)C(NC(C)=O)=C(C=O)O1. The summed E-state index contributed by atoms with van der Waals surface area (Å²) in [5.74, 6) is -2.89. The molecule has 17 heavy (non-hydrogen) atoms. The smallest absolute Gasteiger partial charge is 0.382 e. The molecule has 0 bridgehead atoms. The molecule has 0 saturated heterocycles. The molecule has 0 fully saturated rings. The van der Waals surface area contributed by atoms with E-state index < -0.39 is 29.2 Å². The van der Waals surface area contributed by atoms with Gasteiger partial charge in [0.25, 0.3) is 5.76 Å². The van der Waals surface area contributed by atoms with E-state index in [-0.39, 0.29) is 12.0 Å². The van der Waals surface area contributed by atoms with Crippen molar-refractivity contribution in [2.24, 2.45) is 0 Å². The van der Waals surface area contributed by atoms with E-state index in [1.165, 1.54) is 6.92 Å². The zero-order chi connectivity index (χ0) is 13.0. The van der Waals surface area contributed by atoms with Crippen LogP contribution < -0.4 is 5.32 Å². The van der Waals surface area contributed by atoms with Gasteiger partial charge in [-0.3, -0.25) is 9.59 Å². The van der Waals surface area contributed by atoms with Gasteiger partial charge in [0.2, 0.25) is 5.91 Å². The van der Waals surface area contributed by atoms with Crippen molar-refractivity contribution in [3.8, 4) is 0 Å². The Balaban J connectivity index is 3.19. The Bertz CT molecular complexity index is 481. The van der Waals surface area contributed by atoms with E-state index in [0.717, 1.165) is 7.11 Å². The number of aliphatic hydroxyl groups excluding tert-OH is 1. The third-order valence-corrected chi connectivity index (χ3v) is 1.71. The van der Waals surface area contributed by atoms with E-state index in [9.17, 15) is 19.5 Å². The summed E-state index contributed by atoms with van der Waals surface area (Å²) in [5.41, 5.74) is 1.90. The van der Waals surface area contributed by atoms with E-state index in [1.807, 2.05) is 0 Å². The Morgan fingerprint density at radius 3 is 2.65 bits per heavy atom. The first-order valence-electron chi connectivity index (χ1n) is 4.43. The monoisotopic (exact) mass is 239 g/mol. The molecule has 1 aliphatic rings. The summed E-state index contributed by atoms with van der Waals surface area (Å²) >= 11 is 0. The normalized spacial score (nSPS) is 14.2. The number of ether oxygens (including phenoxy) is 2. The van der Waals surface area contributed by atoms with Crippen LogP contribution in [0.2, 0.25) is 0 Å². The molecular formula is C10H9NO6. The Morgan fingerprint density at radius 2 is 2.18 bits per heavy atom. The van der Waals surface area contributed by atoms with E-state index in [0.29, 0.717) is 0 Å². The first-order valence-corrected chi connectivity index (χ1v) is 4.43. The van der Waals surface area contributed by atoms with Crippen molar-refractivity contribution in [3.05, 3.63) is 28.7 Å². The van der Waals surface area contributed by atoms with Crippen LogP contribution in [-0.2, 0) is 23.9 Å². The second-order valence-corrected chi connectivity index (χ2v) is 2.93. The van der Waals surface area contributed by atoms with E-state index in [4.69, 9.17) is 4.74 Å². The largest absolute Gasteiger partial charge is 0.499 e. The highest BCUT2D eigenvalue weighted by Gasteiger charge is 2.24. The third kappa shape index (κ3) is 2.73. The average Bonchev–Trinajstić information content (AvgIpc) is 2.29. The molecule has 0 spiro atoms. The van der Waals surface area contributed by atoms with Crippen molar-refractivity contribution < 1.29 is 29.0 Å². The molecule has 90 valence electrons. The standard InChI is InChI=1S/C10H9NO6/c1-5(13)11-9-6(14)3-7(10(15)16-2)17-8(9)4-12/h4,14H,1-2H3,(H,11,13). The topological polar surface area (TPSA) is 102 Å². The molecule has 7 nitrogen and oxygen atoms in total. The van der Waals surface area contributed by atoms with Gasteiger partial charge in [0.1, 0.15) is 5.70 Å². The summed E-state index contributed by atoms with van der Waals surface area (Å²) in [7, 11) is 1.10. The van der Waals surface area contributed by atoms with Crippen LogP contribution in [0.3, 0.4) is 0 Å². The number of aliphatic hydroxyl groups is 1. The number of amides is 1. The zero-order valence-electron chi connectivity index (χ0n) is 9.07. The molecule has 0 atom stereocenters. The lowest BCUT2D eigenvalue weighted by Crippen LogP contribution is -2.25. The van der Waals surface area contributed by atoms with Gasteiger partial charge in [0, 0.05) is 6.92 Å². The van der Waals surface area contributed by atoms with Gasteiger partial charge in [-0.2, -0.15) is 0 Å². The average molecular weight is 239 g/mol. The number of carbonyl (C=O) groups excluding carboxylic acids is 3. The van der Waals surface area contributed by atoms with Gasteiger partial charge in [-0.1, -0.05) is 0 Å². The van der Waals surface area contributed by atoms with Crippen LogP contribution in [0, 0.1) is 0 Å². The number of nitrogens with one attached hydrogen (secondary N) is 1. The van der Waals surface area contributed by atoms with E-state index >= 15 is 0 Å². The number of esters is 1.